The molecule has 0 radical (unpaired) electrons. The first-order chi connectivity index (χ1) is 8.99. The molecule has 6 nitrogen and oxygen atoms in total. The molecule has 0 spiro atoms. The average Bonchev–Trinajstić information content (AvgIpc) is 2.39. The summed E-state index contributed by atoms with van der Waals surface area (Å²) in [5.74, 6) is -2.02. The maximum atomic E-state index is 11.1. The highest BCUT2D eigenvalue weighted by atomic mass is 16.5. The lowest BCUT2D eigenvalue weighted by Crippen LogP contribution is -2.17. The number of hydrogen-bond donors (Lipinski definition) is 1. The zero-order chi connectivity index (χ0) is 14.7. The Morgan fingerprint density at radius 2 is 2.00 bits per heavy atom. The third-order valence-corrected chi connectivity index (χ3v) is 2.38. The van der Waals surface area contributed by atoms with E-state index >= 15 is 0 Å². The molecule has 0 saturated heterocycles. The van der Waals surface area contributed by atoms with E-state index in [1.807, 2.05) is 6.92 Å². The molecule has 1 N–H and O–H groups in total. The molecule has 0 aliphatic carbocycles. The van der Waals surface area contributed by atoms with Gasteiger partial charge in [0.25, 0.3) is 0 Å². The van der Waals surface area contributed by atoms with Gasteiger partial charge < -0.3 is 14.6 Å². The number of hydrogen-bond acceptors (Lipinski definition) is 5. The molecule has 0 aliphatic heterocycles. The Morgan fingerprint density at radius 3 is 2.53 bits per heavy atom. The van der Waals surface area contributed by atoms with E-state index in [-0.39, 0.29) is 25.6 Å². The maximum absolute atomic E-state index is 11.1. The highest BCUT2D eigenvalue weighted by Gasteiger charge is 2.11. The van der Waals surface area contributed by atoms with E-state index in [9.17, 15) is 14.4 Å². The van der Waals surface area contributed by atoms with E-state index < -0.39 is 17.9 Å². The van der Waals surface area contributed by atoms with Crippen molar-refractivity contribution in [3.05, 3.63) is 12.7 Å². The SMILES string of the molecule is C=CC(=O)OC(CC)CCCOC(=O)CCC(=O)O. The predicted molar refractivity (Wildman–Crippen MR) is 67.4 cm³/mol. The molecule has 0 saturated carbocycles. The minimum Gasteiger partial charge on any atom is -0.481 e. The molecule has 19 heavy (non-hydrogen) atoms. The van der Waals surface area contributed by atoms with Crippen LogP contribution in [-0.2, 0) is 23.9 Å². The van der Waals surface area contributed by atoms with Gasteiger partial charge in [-0.1, -0.05) is 13.5 Å². The van der Waals surface area contributed by atoms with Gasteiger partial charge in [0, 0.05) is 6.08 Å². The first-order valence-electron chi connectivity index (χ1n) is 6.20. The first kappa shape index (κ1) is 17.2. The van der Waals surface area contributed by atoms with Crippen LogP contribution in [0.15, 0.2) is 12.7 Å². The van der Waals surface area contributed by atoms with Crippen molar-refractivity contribution in [2.24, 2.45) is 0 Å². The molecule has 0 aliphatic rings. The Hall–Kier alpha value is -1.85. The van der Waals surface area contributed by atoms with Gasteiger partial charge in [0.2, 0.25) is 0 Å². The van der Waals surface area contributed by atoms with E-state index in [1.165, 1.54) is 0 Å². The van der Waals surface area contributed by atoms with Gasteiger partial charge in [-0.2, -0.15) is 0 Å². The molecular weight excluding hydrogens is 252 g/mol. The van der Waals surface area contributed by atoms with E-state index in [2.05, 4.69) is 6.58 Å². The second-order valence-electron chi connectivity index (χ2n) is 3.93. The Bertz CT molecular complexity index is 323. The zero-order valence-corrected chi connectivity index (χ0v) is 11.1. The van der Waals surface area contributed by atoms with Crippen molar-refractivity contribution in [3.8, 4) is 0 Å². The highest BCUT2D eigenvalue weighted by molar-refractivity contribution is 5.81. The largest absolute Gasteiger partial charge is 0.481 e. The normalized spacial score (nSPS) is 11.4. The molecule has 0 amide bonds. The van der Waals surface area contributed by atoms with Gasteiger partial charge in [-0.25, -0.2) is 4.79 Å². The maximum Gasteiger partial charge on any atom is 0.330 e. The molecule has 1 atom stereocenters. The monoisotopic (exact) mass is 272 g/mol. The second-order valence-corrected chi connectivity index (χ2v) is 3.93. The molecule has 108 valence electrons. The second kappa shape index (κ2) is 10.1. The zero-order valence-electron chi connectivity index (χ0n) is 11.1. The highest BCUT2D eigenvalue weighted by Crippen LogP contribution is 2.08. The number of esters is 2. The van der Waals surface area contributed by atoms with Gasteiger partial charge in [-0.3, -0.25) is 9.59 Å². The molecular formula is C13H20O6. The summed E-state index contributed by atoms with van der Waals surface area (Å²) in [5, 5.41) is 8.38. The predicted octanol–water partition coefficient (Wildman–Crippen LogP) is 1.68. The summed E-state index contributed by atoms with van der Waals surface area (Å²) in [5.41, 5.74) is 0. The Kier molecular flexibility index (Phi) is 9.12. The number of carboxylic acid groups (broad SMARTS) is 1. The van der Waals surface area contributed by atoms with Crippen molar-refractivity contribution in [3.63, 3.8) is 0 Å². The fourth-order valence-corrected chi connectivity index (χ4v) is 1.34. The van der Waals surface area contributed by atoms with Crippen LogP contribution in [0.5, 0.6) is 0 Å². The molecule has 0 aromatic carbocycles. The quantitative estimate of drug-likeness (QED) is 0.369. The van der Waals surface area contributed by atoms with Crippen molar-refractivity contribution in [2.75, 3.05) is 6.61 Å². The van der Waals surface area contributed by atoms with E-state index in [4.69, 9.17) is 14.6 Å². The minimum absolute atomic E-state index is 0.127. The van der Waals surface area contributed by atoms with Crippen LogP contribution in [0, 0.1) is 0 Å². The minimum atomic E-state index is -1.03. The Labute approximate surface area is 112 Å². The van der Waals surface area contributed by atoms with Crippen molar-refractivity contribution in [2.45, 2.75) is 45.1 Å². The van der Waals surface area contributed by atoms with Crippen LogP contribution < -0.4 is 0 Å². The molecule has 0 aromatic rings. The lowest BCUT2D eigenvalue weighted by Gasteiger charge is -2.14. The van der Waals surface area contributed by atoms with Crippen molar-refractivity contribution in [1.82, 2.24) is 0 Å². The fourth-order valence-electron chi connectivity index (χ4n) is 1.34. The molecule has 0 rings (SSSR count). The van der Waals surface area contributed by atoms with Crippen LogP contribution in [0.3, 0.4) is 0 Å². The molecule has 6 heteroatoms. The van der Waals surface area contributed by atoms with Crippen LogP contribution >= 0.6 is 0 Å². The number of carbonyl (C=O) groups excluding carboxylic acids is 2. The summed E-state index contributed by atoms with van der Waals surface area (Å²) in [4.78, 5) is 32.3. The molecule has 0 fully saturated rings. The van der Waals surface area contributed by atoms with Crippen LogP contribution in [0.1, 0.15) is 39.0 Å². The third-order valence-electron chi connectivity index (χ3n) is 2.38. The van der Waals surface area contributed by atoms with Gasteiger partial charge in [-0.15, -0.1) is 0 Å². The van der Waals surface area contributed by atoms with Gasteiger partial charge in [0.05, 0.1) is 19.4 Å². The van der Waals surface area contributed by atoms with Gasteiger partial charge in [-0.05, 0) is 19.3 Å². The Morgan fingerprint density at radius 1 is 1.32 bits per heavy atom. The lowest BCUT2D eigenvalue weighted by atomic mass is 10.1. The number of aliphatic carboxylic acids is 1. The molecule has 1 unspecified atom stereocenters. The molecule has 0 heterocycles. The van der Waals surface area contributed by atoms with Gasteiger partial charge >= 0.3 is 17.9 Å². The topological polar surface area (TPSA) is 89.9 Å². The van der Waals surface area contributed by atoms with Crippen molar-refractivity contribution in [1.29, 1.82) is 0 Å². The number of carboxylic acids is 1. The number of ether oxygens (including phenoxy) is 2. The van der Waals surface area contributed by atoms with Crippen LogP contribution in [0.25, 0.3) is 0 Å². The summed E-state index contributed by atoms with van der Waals surface area (Å²) in [6.45, 7) is 5.39. The van der Waals surface area contributed by atoms with Crippen LogP contribution in [0.4, 0.5) is 0 Å². The fraction of sp³-hybridized carbons (Fsp3) is 0.615. The van der Waals surface area contributed by atoms with E-state index in [0.29, 0.717) is 19.3 Å². The number of carbonyl (C=O) groups is 3. The third kappa shape index (κ3) is 9.82. The van der Waals surface area contributed by atoms with Crippen molar-refractivity contribution >= 4 is 17.9 Å². The summed E-state index contributed by atoms with van der Waals surface area (Å²) in [6.07, 6.45) is 2.35. The van der Waals surface area contributed by atoms with E-state index in [1.54, 1.807) is 0 Å². The van der Waals surface area contributed by atoms with Crippen LogP contribution in [0.2, 0.25) is 0 Å². The smallest absolute Gasteiger partial charge is 0.330 e. The summed E-state index contributed by atoms with van der Waals surface area (Å²) >= 11 is 0. The lowest BCUT2D eigenvalue weighted by molar-refractivity contribution is -0.148. The standard InChI is InChI=1S/C13H20O6/c1-3-10(19-12(16)4-2)6-5-9-18-13(17)8-7-11(14)15/h4,10H,2-3,5-9H2,1H3,(H,14,15). The number of rotatable bonds is 10. The van der Waals surface area contributed by atoms with Gasteiger partial charge in [0.1, 0.15) is 6.10 Å². The van der Waals surface area contributed by atoms with Crippen molar-refractivity contribution < 1.29 is 29.0 Å². The summed E-state index contributed by atoms with van der Waals surface area (Å²) in [7, 11) is 0. The van der Waals surface area contributed by atoms with Gasteiger partial charge in [0.15, 0.2) is 0 Å². The Balaban J connectivity index is 3.70. The average molecular weight is 272 g/mol. The van der Waals surface area contributed by atoms with E-state index in [0.717, 1.165) is 6.08 Å². The summed E-state index contributed by atoms with van der Waals surface area (Å²) in [6, 6.07) is 0. The summed E-state index contributed by atoms with van der Waals surface area (Å²) < 4.78 is 9.92. The molecule has 0 aromatic heterocycles. The van der Waals surface area contributed by atoms with Crippen LogP contribution in [-0.4, -0.2) is 35.7 Å². The molecule has 0 bridgehead atoms. The first-order valence-corrected chi connectivity index (χ1v) is 6.20.